The number of ketones is 1. The Morgan fingerprint density at radius 1 is 1.05 bits per heavy atom. The number of aromatic amines is 1. The second-order valence-electron chi connectivity index (χ2n) is 10.2. The number of carbonyl (C=O) groups excluding carboxylic acids is 3. The number of Topliss-reactive ketones (excluding diaryl/α,β-unsaturated/α-hetero) is 1. The average Bonchev–Trinajstić information content (AvgIpc) is 3.45. The average molecular weight is 568 g/mol. The Morgan fingerprint density at radius 3 is 2.52 bits per heavy atom. The van der Waals surface area contributed by atoms with E-state index < -0.39 is 11.7 Å². The van der Waals surface area contributed by atoms with Crippen LogP contribution in [0.2, 0.25) is 0 Å². The van der Waals surface area contributed by atoms with Gasteiger partial charge in [-0.2, -0.15) is 5.26 Å². The molecule has 0 atom stereocenters. The van der Waals surface area contributed by atoms with Gasteiger partial charge in [-0.1, -0.05) is 55.5 Å². The fourth-order valence-electron chi connectivity index (χ4n) is 5.16. The number of allylic oxidation sites excluding steroid dienone is 2. The van der Waals surface area contributed by atoms with Crippen LogP contribution in [-0.2, 0) is 9.53 Å². The van der Waals surface area contributed by atoms with E-state index in [0.29, 0.717) is 61.2 Å². The van der Waals surface area contributed by atoms with Gasteiger partial charge >= 0.3 is 6.03 Å². The molecule has 1 saturated heterocycles. The topological polar surface area (TPSA) is 127 Å². The van der Waals surface area contributed by atoms with Crippen LogP contribution in [0.1, 0.15) is 61.4 Å². The molecule has 0 spiro atoms. The smallest absolute Gasteiger partial charge is 0.319 e. The molecular weight excluding hydrogens is 530 g/mol. The minimum atomic E-state index is -0.606. The number of piperidine rings is 1. The van der Waals surface area contributed by atoms with Gasteiger partial charge in [-0.05, 0) is 49.8 Å². The number of unbranched alkanes of at least 4 members (excludes halogenated alkanes) is 2. The van der Waals surface area contributed by atoms with Crippen LogP contribution >= 0.6 is 0 Å². The number of hydrogen-bond donors (Lipinski definition) is 3. The zero-order valence-electron chi connectivity index (χ0n) is 24.0. The molecule has 1 aliphatic rings. The fourth-order valence-corrected chi connectivity index (χ4v) is 5.16. The number of H-pyrrole nitrogens is 1. The summed E-state index contributed by atoms with van der Waals surface area (Å²) in [4.78, 5) is 43.5. The van der Waals surface area contributed by atoms with Gasteiger partial charge in [-0.15, -0.1) is 0 Å². The number of fused-ring (bicyclic) bond motifs is 1. The Bertz CT molecular complexity index is 1510. The van der Waals surface area contributed by atoms with Gasteiger partial charge in [0, 0.05) is 37.6 Å². The molecule has 9 nitrogen and oxygen atoms in total. The normalized spacial score (nSPS) is 12.9. The van der Waals surface area contributed by atoms with Crippen molar-refractivity contribution in [2.75, 3.05) is 31.6 Å². The van der Waals surface area contributed by atoms with Crippen molar-refractivity contribution in [3.05, 3.63) is 83.8 Å². The van der Waals surface area contributed by atoms with E-state index in [2.05, 4.69) is 28.3 Å². The summed E-state index contributed by atoms with van der Waals surface area (Å²) in [5.41, 5.74) is 3.84. The lowest BCUT2D eigenvalue weighted by atomic mass is 9.93. The Hall–Kier alpha value is -4.84. The molecular formula is C33H37N5O4. The van der Waals surface area contributed by atoms with Crippen LogP contribution in [0.25, 0.3) is 16.5 Å². The molecule has 0 unspecified atom stereocenters. The molecule has 0 saturated carbocycles. The van der Waals surface area contributed by atoms with E-state index in [1.165, 1.54) is 6.20 Å². The van der Waals surface area contributed by atoms with Crippen molar-refractivity contribution in [1.82, 2.24) is 15.2 Å². The number of urea groups is 1. The van der Waals surface area contributed by atoms with Gasteiger partial charge in [0.15, 0.2) is 0 Å². The number of nitrogens with one attached hydrogen (secondary N) is 3. The van der Waals surface area contributed by atoms with Crippen LogP contribution in [0.3, 0.4) is 0 Å². The molecule has 0 radical (unpaired) electrons. The van der Waals surface area contributed by atoms with Crippen molar-refractivity contribution in [1.29, 1.82) is 5.26 Å². The lowest BCUT2D eigenvalue weighted by Crippen LogP contribution is -2.40. The van der Waals surface area contributed by atoms with Gasteiger partial charge in [0.25, 0.3) is 11.7 Å². The summed E-state index contributed by atoms with van der Waals surface area (Å²) < 4.78 is 5.35. The van der Waals surface area contributed by atoms with Gasteiger partial charge in [-0.25, -0.2) is 4.79 Å². The van der Waals surface area contributed by atoms with Crippen molar-refractivity contribution < 1.29 is 19.1 Å². The van der Waals surface area contributed by atoms with Crippen LogP contribution < -0.4 is 10.6 Å². The van der Waals surface area contributed by atoms with Gasteiger partial charge < -0.3 is 25.3 Å². The molecule has 2 heterocycles. The molecule has 1 aliphatic heterocycles. The van der Waals surface area contributed by atoms with Crippen LogP contribution in [0.15, 0.2) is 72.6 Å². The number of likely N-dealkylation sites (tertiary alicyclic amines) is 1. The number of carbonyl (C=O) groups is 3. The summed E-state index contributed by atoms with van der Waals surface area (Å²) in [5, 5.41) is 16.0. The first-order valence-corrected chi connectivity index (χ1v) is 14.4. The van der Waals surface area contributed by atoms with Crippen LogP contribution in [0.4, 0.5) is 10.5 Å². The van der Waals surface area contributed by atoms with E-state index in [1.54, 1.807) is 23.1 Å². The molecule has 3 aromatic rings. The summed E-state index contributed by atoms with van der Waals surface area (Å²) in [7, 11) is 0. The van der Waals surface area contributed by atoms with Crippen LogP contribution in [0.5, 0.6) is 0 Å². The number of aromatic nitrogens is 1. The third-order valence-corrected chi connectivity index (χ3v) is 7.35. The monoisotopic (exact) mass is 567 g/mol. The second kappa shape index (κ2) is 14.7. The summed E-state index contributed by atoms with van der Waals surface area (Å²) in [5.74, 6) is -0.392. The number of nitriles is 1. The summed E-state index contributed by atoms with van der Waals surface area (Å²) in [6.45, 7) is 7.69. The van der Waals surface area contributed by atoms with Crippen molar-refractivity contribution in [3.63, 3.8) is 0 Å². The maximum absolute atomic E-state index is 13.3. The van der Waals surface area contributed by atoms with Crippen LogP contribution in [0, 0.1) is 11.3 Å². The highest BCUT2D eigenvalue weighted by molar-refractivity contribution is 6.45. The van der Waals surface area contributed by atoms with Crippen molar-refractivity contribution >= 4 is 39.9 Å². The second-order valence-corrected chi connectivity index (χ2v) is 10.2. The number of benzene rings is 2. The highest BCUT2D eigenvalue weighted by atomic mass is 16.5. The number of para-hydroxylation sites is 1. The molecule has 3 N–H and O–H groups in total. The first kappa shape index (κ1) is 30.1. The highest BCUT2D eigenvalue weighted by Crippen LogP contribution is 2.29. The Labute approximate surface area is 246 Å². The molecule has 1 aromatic heterocycles. The molecule has 1 fully saturated rings. The molecule has 9 heteroatoms. The molecule has 3 amide bonds. The Kier molecular flexibility index (Phi) is 10.5. The molecule has 42 heavy (non-hydrogen) atoms. The van der Waals surface area contributed by atoms with Crippen molar-refractivity contribution in [2.24, 2.45) is 0 Å². The number of amides is 3. The first-order chi connectivity index (χ1) is 20.4. The third-order valence-electron chi connectivity index (χ3n) is 7.35. The maximum atomic E-state index is 13.3. The van der Waals surface area contributed by atoms with E-state index in [4.69, 9.17) is 4.74 Å². The summed E-state index contributed by atoms with van der Waals surface area (Å²) >= 11 is 0. The SMILES string of the molecule is C=C(CCCCCNC(=O)Nc1cccc2c(C(=O)C(=O)N3CCC(=C(C#N)c4ccccc4)CC3)c[nH]c12)OCC. The molecule has 2 aromatic carbocycles. The summed E-state index contributed by atoms with van der Waals surface area (Å²) in [6, 6.07) is 16.7. The van der Waals surface area contributed by atoms with E-state index in [-0.39, 0.29) is 11.6 Å². The predicted molar refractivity (Wildman–Crippen MR) is 164 cm³/mol. The quantitative estimate of drug-likeness (QED) is 0.0792. The largest absolute Gasteiger partial charge is 0.499 e. The molecule has 0 bridgehead atoms. The number of rotatable bonds is 12. The molecule has 218 valence electrons. The summed E-state index contributed by atoms with van der Waals surface area (Å²) in [6.07, 6.45) is 6.13. The highest BCUT2D eigenvalue weighted by Gasteiger charge is 2.29. The number of anilines is 1. The van der Waals surface area contributed by atoms with Crippen molar-refractivity contribution in [3.8, 4) is 6.07 Å². The zero-order valence-corrected chi connectivity index (χ0v) is 24.0. The number of nitrogens with zero attached hydrogens (tertiary/aromatic N) is 2. The van der Waals surface area contributed by atoms with E-state index in [9.17, 15) is 19.6 Å². The van der Waals surface area contributed by atoms with Crippen LogP contribution in [-0.4, -0.2) is 53.8 Å². The van der Waals surface area contributed by atoms with E-state index >= 15 is 0 Å². The van der Waals surface area contributed by atoms with E-state index in [1.807, 2.05) is 37.3 Å². The Morgan fingerprint density at radius 2 is 1.81 bits per heavy atom. The van der Waals surface area contributed by atoms with Gasteiger partial charge in [-0.3, -0.25) is 9.59 Å². The molecule has 0 aliphatic carbocycles. The lowest BCUT2D eigenvalue weighted by Gasteiger charge is -2.28. The van der Waals surface area contributed by atoms with Gasteiger partial charge in [0.1, 0.15) is 0 Å². The van der Waals surface area contributed by atoms with Gasteiger partial charge in [0.2, 0.25) is 0 Å². The first-order valence-electron chi connectivity index (χ1n) is 14.4. The minimum Gasteiger partial charge on any atom is -0.499 e. The van der Waals surface area contributed by atoms with Gasteiger partial charge in [0.05, 0.1) is 40.8 Å². The standard InChI is InChI=1S/C33H37N5O4/c1-3-42-23(2)11-6-5-9-18-35-33(41)37-29-15-10-14-26-28(22-36-30(26)29)31(39)32(40)38-19-16-25(17-20-38)27(21-34)24-12-7-4-8-13-24/h4,7-8,10,12-15,22,36H,2-3,5-6,9,11,16-20H2,1H3,(H2,35,37,41). The predicted octanol–water partition coefficient (Wildman–Crippen LogP) is 6.18. The number of ether oxygens (including phenoxy) is 1. The lowest BCUT2D eigenvalue weighted by molar-refractivity contribution is -0.126. The zero-order chi connectivity index (χ0) is 29.9. The minimum absolute atomic E-state index is 0.260. The maximum Gasteiger partial charge on any atom is 0.319 e. The Balaban J connectivity index is 1.32. The molecule has 4 rings (SSSR count). The fraction of sp³-hybridized carbons (Fsp3) is 0.333. The third kappa shape index (κ3) is 7.46. The van der Waals surface area contributed by atoms with E-state index in [0.717, 1.165) is 42.6 Å². The number of hydrogen-bond acceptors (Lipinski definition) is 5. The van der Waals surface area contributed by atoms with Crippen molar-refractivity contribution in [2.45, 2.75) is 45.4 Å².